The van der Waals surface area contributed by atoms with Crippen LogP contribution in [0.15, 0.2) is 45.3 Å². The number of hydrogen-bond acceptors (Lipinski definition) is 5. The van der Waals surface area contributed by atoms with E-state index in [1.54, 1.807) is 12.1 Å². The Balaban J connectivity index is 0.000000170. The normalized spacial score (nSPS) is 23.8. The third kappa shape index (κ3) is 8.76. The number of amides is 3. The molecular weight excluding hydrogens is 776 g/mol. The van der Waals surface area contributed by atoms with Crippen LogP contribution in [-0.4, -0.2) is 51.2 Å². The van der Waals surface area contributed by atoms with E-state index in [1.165, 1.54) is 0 Å². The Kier molecular flexibility index (Phi) is 10.6. The molecule has 2 saturated carbocycles. The number of benzene rings is 2. The van der Waals surface area contributed by atoms with Crippen LogP contribution in [-0.2, 0) is 14.4 Å². The Bertz CT molecular complexity index is 1720. The molecule has 3 aromatic rings. The van der Waals surface area contributed by atoms with E-state index in [9.17, 15) is 31.9 Å². The molecule has 2 aromatic carbocycles. The SMILES string of the molecule is O=C1CC[C@@H](C(=O)Nc2cc(Br)ccc2NC2CCC(F)(F)CC2)N1.O=C1CC[C@@H](c2nc3cc(Br)ccc3n2C2CCC(F)(F)CC2)N1. The number of anilines is 2. The van der Waals surface area contributed by atoms with Gasteiger partial charge in [-0.2, -0.15) is 0 Å². The van der Waals surface area contributed by atoms with E-state index in [0.29, 0.717) is 62.7 Å². The molecular formula is C34H38Br2F4N6O3. The summed E-state index contributed by atoms with van der Waals surface area (Å²) in [6, 6.07) is 10.5. The van der Waals surface area contributed by atoms with E-state index in [-0.39, 0.29) is 61.5 Å². The smallest absolute Gasteiger partial charge is 0.248 e. The highest BCUT2D eigenvalue weighted by Gasteiger charge is 2.38. The molecule has 3 amide bonds. The third-order valence-electron chi connectivity index (χ3n) is 9.67. The minimum Gasteiger partial charge on any atom is -0.381 e. The molecule has 2 aliphatic carbocycles. The summed E-state index contributed by atoms with van der Waals surface area (Å²) in [6.45, 7) is 0. The zero-order chi connectivity index (χ0) is 34.9. The molecule has 0 spiro atoms. The average Bonchev–Trinajstić information content (AvgIpc) is 3.78. The molecule has 0 bridgehead atoms. The van der Waals surface area contributed by atoms with Gasteiger partial charge in [-0.05, 0) is 74.9 Å². The van der Waals surface area contributed by atoms with E-state index in [2.05, 4.69) is 57.7 Å². The van der Waals surface area contributed by atoms with Gasteiger partial charge < -0.3 is 25.8 Å². The van der Waals surface area contributed by atoms with Crippen LogP contribution >= 0.6 is 31.9 Å². The maximum absolute atomic E-state index is 13.6. The fourth-order valence-corrected chi connectivity index (χ4v) is 7.70. The number of imidazole rings is 1. The molecule has 4 fully saturated rings. The standard InChI is InChI=1S/C17H20BrF2N3O2.C17H18BrF2N3O/c18-10-1-2-12(21-11-5-7-17(19,20)8-6-11)14(9-10)23-16(25)13-3-4-15(24)22-13;18-10-1-3-14-13(9-10)22-16(12-2-4-15(24)21-12)23(14)11-5-7-17(19,20)8-6-11/h1-2,9,11,13,21H,3-8H2,(H,22,24)(H,23,25);1,3,9,11-12H,2,4-8H2,(H,21,24)/t13-;12-/m00/s1. The van der Waals surface area contributed by atoms with Crippen LogP contribution in [0.3, 0.4) is 0 Å². The quantitative estimate of drug-likeness (QED) is 0.188. The number of hydrogen-bond donors (Lipinski definition) is 4. The Hall–Kier alpha value is -3.20. The number of fused-ring (bicyclic) bond motifs is 1. The van der Waals surface area contributed by atoms with E-state index in [4.69, 9.17) is 4.98 Å². The van der Waals surface area contributed by atoms with Gasteiger partial charge in [0.25, 0.3) is 0 Å². The lowest BCUT2D eigenvalue weighted by Crippen LogP contribution is -2.37. The van der Waals surface area contributed by atoms with Gasteiger partial charge in [-0.25, -0.2) is 22.5 Å². The second kappa shape index (κ2) is 14.6. The van der Waals surface area contributed by atoms with Crippen molar-refractivity contribution in [3.8, 4) is 0 Å². The first kappa shape index (κ1) is 35.6. The first-order valence-corrected chi connectivity index (χ1v) is 18.2. The van der Waals surface area contributed by atoms with Crippen LogP contribution in [0.2, 0.25) is 0 Å². The highest BCUT2D eigenvalue weighted by atomic mass is 79.9. The van der Waals surface area contributed by atoms with Crippen LogP contribution in [0.1, 0.15) is 95.0 Å². The summed E-state index contributed by atoms with van der Waals surface area (Å²) in [4.78, 5) is 40.0. The van der Waals surface area contributed by atoms with Gasteiger partial charge >= 0.3 is 0 Å². The fraction of sp³-hybridized carbons (Fsp3) is 0.529. The van der Waals surface area contributed by atoms with Gasteiger partial charge in [0.2, 0.25) is 29.6 Å². The van der Waals surface area contributed by atoms with E-state index < -0.39 is 17.9 Å². The summed E-state index contributed by atoms with van der Waals surface area (Å²) in [7, 11) is 0. The van der Waals surface area contributed by atoms with Crippen molar-refractivity contribution in [3.05, 3.63) is 51.2 Å². The van der Waals surface area contributed by atoms with Crippen molar-refractivity contribution in [1.29, 1.82) is 0 Å². The maximum Gasteiger partial charge on any atom is 0.248 e. The summed E-state index contributed by atoms with van der Waals surface area (Å²) in [6.07, 6.45) is 3.20. The highest BCUT2D eigenvalue weighted by Crippen LogP contribution is 2.42. The second-order valence-electron chi connectivity index (χ2n) is 13.3. The third-order valence-corrected chi connectivity index (χ3v) is 10.7. The average molecular weight is 815 g/mol. The molecule has 4 aliphatic rings. The van der Waals surface area contributed by atoms with Gasteiger partial charge in [0, 0.05) is 59.6 Å². The lowest BCUT2D eigenvalue weighted by Gasteiger charge is -2.31. The van der Waals surface area contributed by atoms with Gasteiger partial charge in [0.05, 0.1) is 28.5 Å². The molecule has 0 radical (unpaired) electrons. The van der Waals surface area contributed by atoms with Crippen LogP contribution < -0.4 is 21.3 Å². The van der Waals surface area contributed by atoms with Gasteiger partial charge in [-0.1, -0.05) is 31.9 Å². The topological polar surface area (TPSA) is 117 Å². The Morgan fingerprint density at radius 3 is 2.04 bits per heavy atom. The number of nitrogens with zero attached hydrogens (tertiary/aromatic N) is 2. The number of carbonyl (C=O) groups is 3. The van der Waals surface area contributed by atoms with Gasteiger partial charge in [0.15, 0.2) is 0 Å². The molecule has 3 heterocycles. The maximum atomic E-state index is 13.6. The van der Waals surface area contributed by atoms with Crippen molar-refractivity contribution >= 4 is 72.0 Å². The van der Waals surface area contributed by atoms with Crippen molar-refractivity contribution in [2.24, 2.45) is 0 Å². The Labute approximate surface area is 298 Å². The molecule has 9 nitrogen and oxygen atoms in total. The summed E-state index contributed by atoms with van der Waals surface area (Å²) >= 11 is 6.82. The van der Waals surface area contributed by atoms with Crippen molar-refractivity contribution in [3.63, 3.8) is 0 Å². The molecule has 15 heteroatoms. The number of halogens is 6. The minimum absolute atomic E-state index is 0.00306. The van der Waals surface area contributed by atoms with Crippen molar-refractivity contribution in [2.75, 3.05) is 10.6 Å². The van der Waals surface area contributed by atoms with Gasteiger partial charge in [-0.3, -0.25) is 14.4 Å². The highest BCUT2D eigenvalue weighted by molar-refractivity contribution is 9.10. The Morgan fingerprint density at radius 2 is 1.41 bits per heavy atom. The summed E-state index contributed by atoms with van der Waals surface area (Å²) in [5.41, 5.74) is 3.04. The molecule has 4 N–H and O–H groups in total. The predicted octanol–water partition coefficient (Wildman–Crippen LogP) is 8.16. The van der Waals surface area contributed by atoms with E-state index in [0.717, 1.165) is 25.8 Å². The van der Waals surface area contributed by atoms with Crippen LogP contribution in [0.4, 0.5) is 28.9 Å². The zero-order valence-electron chi connectivity index (χ0n) is 26.6. The number of aromatic nitrogens is 2. The van der Waals surface area contributed by atoms with Crippen LogP contribution in [0.5, 0.6) is 0 Å². The molecule has 49 heavy (non-hydrogen) atoms. The minimum atomic E-state index is -2.57. The molecule has 2 saturated heterocycles. The predicted molar refractivity (Wildman–Crippen MR) is 185 cm³/mol. The fourth-order valence-electron chi connectivity index (χ4n) is 6.99. The van der Waals surface area contributed by atoms with E-state index >= 15 is 0 Å². The summed E-state index contributed by atoms with van der Waals surface area (Å²) in [5.74, 6) is -4.72. The molecule has 264 valence electrons. The number of nitrogens with one attached hydrogen (secondary N) is 4. The Morgan fingerprint density at radius 1 is 0.796 bits per heavy atom. The molecule has 0 unspecified atom stereocenters. The first-order valence-electron chi connectivity index (χ1n) is 16.6. The zero-order valence-corrected chi connectivity index (χ0v) is 29.8. The first-order chi connectivity index (χ1) is 23.2. The number of alkyl halides is 4. The van der Waals surface area contributed by atoms with Crippen molar-refractivity contribution in [2.45, 2.75) is 113 Å². The number of carbonyl (C=O) groups excluding carboxylic acids is 3. The van der Waals surface area contributed by atoms with Crippen LogP contribution in [0, 0.1) is 0 Å². The van der Waals surface area contributed by atoms with Gasteiger partial charge in [-0.15, -0.1) is 0 Å². The molecule has 2 atom stereocenters. The van der Waals surface area contributed by atoms with Crippen molar-refractivity contribution < 1.29 is 31.9 Å². The lowest BCUT2D eigenvalue weighted by atomic mass is 9.91. The van der Waals surface area contributed by atoms with Crippen LogP contribution in [0.25, 0.3) is 11.0 Å². The van der Waals surface area contributed by atoms with Gasteiger partial charge in [0.1, 0.15) is 11.9 Å². The summed E-state index contributed by atoms with van der Waals surface area (Å²) in [5, 5.41) is 11.7. The monoisotopic (exact) mass is 812 g/mol. The largest absolute Gasteiger partial charge is 0.381 e. The lowest BCUT2D eigenvalue weighted by molar-refractivity contribution is -0.122. The van der Waals surface area contributed by atoms with Crippen molar-refractivity contribution in [1.82, 2.24) is 20.2 Å². The molecule has 7 rings (SSSR count). The van der Waals surface area contributed by atoms with E-state index in [1.807, 2.05) is 24.3 Å². The molecule has 2 aliphatic heterocycles. The number of rotatable bonds is 6. The second-order valence-corrected chi connectivity index (χ2v) is 15.2. The molecule has 1 aromatic heterocycles. The summed E-state index contributed by atoms with van der Waals surface area (Å²) < 4.78 is 57.5.